The van der Waals surface area contributed by atoms with Crippen LogP contribution in [0.5, 0.6) is 0 Å². The van der Waals surface area contributed by atoms with Crippen LogP contribution in [0.2, 0.25) is 0 Å². The second-order valence-electron chi connectivity index (χ2n) is 3.23. The summed E-state index contributed by atoms with van der Waals surface area (Å²) in [5.41, 5.74) is 5.42. The van der Waals surface area contributed by atoms with Gasteiger partial charge in [-0.05, 0) is 19.9 Å². The van der Waals surface area contributed by atoms with Crippen molar-refractivity contribution in [1.29, 1.82) is 0 Å². The fraction of sp³-hybridized carbons (Fsp3) is 0.889. The van der Waals surface area contributed by atoms with E-state index in [1.807, 2.05) is 0 Å². The molecule has 0 saturated carbocycles. The average molecular weight is 188 g/mol. The van der Waals surface area contributed by atoms with Crippen molar-refractivity contribution in [1.82, 2.24) is 5.32 Å². The lowest BCUT2D eigenvalue weighted by atomic mass is 10.2. The largest absolute Gasteiger partial charge is 0.393 e. The molecule has 0 aromatic rings. The van der Waals surface area contributed by atoms with Crippen molar-refractivity contribution in [2.75, 3.05) is 6.54 Å². The molecular weight excluding hydrogens is 168 g/mol. The molecule has 0 heterocycles. The van der Waals surface area contributed by atoms with Crippen molar-refractivity contribution < 1.29 is 0 Å². The van der Waals surface area contributed by atoms with Crippen LogP contribution in [0.15, 0.2) is 0 Å². The van der Waals surface area contributed by atoms with Gasteiger partial charge in [0.25, 0.3) is 0 Å². The van der Waals surface area contributed by atoms with Gasteiger partial charge in [0, 0.05) is 12.5 Å². The molecule has 0 spiro atoms. The van der Waals surface area contributed by atoms with Gasteiger partial charge in [-0.1, -0.05) is 32.0 Å². The minimum Gasteiger partial charge on any atom is -0.393 e. The standard InChI is InChI=1S/C9H20N2S/c1-3-4-5-6-11-8(2)7-9(10)12/h8,11H,3-7H2,1-2H3,(H2,10,12). The Bertz CT molecular complexity index is 126. The highest BCUT2D eigenvalue weighted by Gasteiger charge is 2.00. The molecule has 0 fully saturated rings. The van der Waals surface area contributed by atoms with E-state index < -0.39 is 0 Å². The van der Waals surface area contributed by atoms with Crippen LogP contribution in [-0.2, 0) is 0 Å². The minimum absolute atomic E-state index is 0.430. The Balaban J connectivity index is 3.19. The van der Waals surface area contributed by atoms with Crippen molar-refractivity contribution in [3.8, 4) is 0 Å². The molecule has 2 nitrogen and oxygen atoms in total. The van der Waals surface area contributed by atoms with Gasteiger partial charge in [0.15, 0.2) is 0 Å². The maximum atomic E-state index is 5.42. The zero-order chi connectivity index (χ0) is 9.40. The van der Waals surface area contributed by atoms with Gasteiger partial charge in [-0.15, -0.1) is 0 Å². The van der Waals surface area contributed by atoms with Gasteiger partial charge in [0.2, 0.25) is 0 Å². The number of thiocarbonyl (C=S) groups is 1. The van der Waals surface area contributed by atoms with Crippen LogP contribution < -0.4 is 11.1 Å². The summed E-state index contributed by atoms with van der Waals surface area (Å²) >= 11 is 4.81. The fourth-order valence-corrected chi connectivity index (χ4v) is 1.35. The fourth-order valence-electron chi connectivity index (χ4n) is 1.10. The van der Waals surface area contributed by atoms with E-state index in [9.17, 15) is 0 Å². The topological polar surface area (TPSA) is 38.0 Å². The van der Waals surface area contributed by atoms with Crippen LogP contribution >= 0.6 is 12.2 Å². The van der Waals surface area contributed by atoms with Gasteiger partial charge < -0.3 is 11.1 Å². The third-order valence-electron chi connectivity index (χ3n) is 1.78. The summed E-state index contributed by atoms with van der Waals surface area (Å²) in [7, 11) is 0. The molecule has 3 N–H and O–H groups in total. The number of rotatable bonds is 7. The molecule has 0 rings (SSSR count). The van der Waals surface area contributed by atoms with Gasteiger partial charge in [-0.25, -0.2) is 0 Å². The van der Waals surface area contributed by atoms with Crippen molar-refractivity contribution in [3.63, 3.8) is 0 Å². The summed E-state index contributed by atoms with van der Waals surface area (Å²) in [4.78, 5) is 0.602. The normalized spacial score (nSPS) is 12.8. The molecule has 3 heteroatoms. The molecule has 0 aliphatic heterocycles. The molecule has 0 amide bonds. The summed E-state index contributed by atoms with van der Waals surface area (Å²) < 4.78 is 0. The van der Waals surface area contributed by atoms with E-state index >= 15 is 0 Å². The molecule has 0 aliphatic rings. The van der Waals surface area contributed by atoms with E-state index in [2.05, 4.69) is 19.2 Å². The summed E-state index contributed by atoms with van der Waals surface area (Å²) in [6.07, 6.45) is 4.62. The number of hydrogen-bond acceptors (Lipinski definition) is 2. The van der Waals surface area contributed by atoms with Crippen molar-refractivity contribution >= 4 is 17.2 Å². The van der Waals surface area contributed by atoms with Gasteiger partial charge >= 0.3 is 0 Å². The van der Waals surface area contributed by atoms with E-state index in [-0.39, 0.29) is 0 Å². The Hall–Kier alpha value is -0.150. The quantitative estimate of drug-likeness (QED) is 0.473. The number of nitrogens with one attached hydrogen (secondary N) is 1. The zero-order valence-electron chi connectivity index (χ0n) is 8.10. The summed E-state index contributed by atoms with van der Waals surface area (Å²) in [6, 6.07) is 0.430. The lowest BCUT2D eigenvalue weighted by molar-refractivity contribution is 0.537. The summed E-state index contributed by atoms with van der Waals surface area (Å²) in [5.74, 6) is 0. The molecule has 1 unspecified atom stereocenters. The highest BCUT2D eigenvalue weighted by atomic mass is 32.1. The molecule has 0 aromatic heterocycles. The summed E-state index contributed by atoms with van der Waals surface area (Å²) in [5, 5.41) is 3.38. The Morgan fingerprint density at radius 3 is 2.67 bits per heavy atom. The number of nitrogens with two attached hydrogens (primary N) is 1. The molecule has 1 atom stereocenters. The lowest BCUT2D eigenvalue weighted by Gasteiger charge is -2.11. The van der Waals surface area contributed by atoms with Crippen LogP contribution in [-0.4, -0.2) is 17.6 Å². The highest BCUT2D eigenvalue weighted by molar-refractivity contribution is 7.80. The Morgan fingerprint density at radius 2 is 2.17 bits per heavy atom. The van der Waals surface area contributed by atoms with Crippen LogP contribution in [0.4, 0.5) is 0 Å². The van der Waals surface area contributed by atoms with E-state index in [1.54, 1.807) is 0 Å². The Labute approximate surface area is 80.9 Å². The first kappa shape index (κ1) is 11.8. The summed E-state index contributed by atoms with van der Waals surface area (Å²) in [6.45, 7) is 5.40. The molecule has 72 valence electrons. The van der Waals surface area contributed by atoms with Gasteiger partial charge in [-0.2, -0.15) is 0 Å². The third-order valence-corrected chi connectivity index (χ3v) is 1.95. The maximum Gasteiger partial charge on any atom is 0.0742 e. The van der Waals surface area contributed by atoms with Gasteiger partial charge in [0.05, 0.1) is 4.99 Å². The van der Waals surface area contributed by atoms with Gasteiger partial charge in [0.1, 0.15) is 0 Å². The Morgan fingerprint density at radius 1 is 1.50 bits per heavy atom. The third kappa shape index (κ3) is 7.95. The van der Waals surface area contributed by atoms with Crippen LogP contribution in [0.25, 0.3) is 0 Å². The predicted molar refractivity (Wildman–Crippen MR) is 58.4 cm³/mol. The first-order valence-corrected chi connectivity index (χ1v) is 5.09. The van der Waals surface area contributed by atoms with Crippen LogP contribution in [0, 0.1) is 0 Å². The first-order chi connectivity index (χ1) is 5.66. The molecule has 0 bridgehead atoms. The van der Waals surface area contributed by atoms with E-state index in [4.69, 9.17) is 18.0 Å². The smallest absolute Gasteiger partial charge is 0.0742 e. The van der Waals surface area contributed by atoms with Crippen LogP contribution in [0.1, 0.15) is 39.5 Å². The minimum atomic E-state index is 0.430. The molecular formula is C9H20N2S. The lowest BCUT2D eigenvalue weighted by Crippen LogP contribution is -2.30. The van der Waals surface area contributed by atoms with Crippen molar-refractivity contribution in [3.05, 3.63) is 0 Å². The van der Waals surface area contributed by atoms with E-state index in [0.717, 1.165) is 13.0 Å². The van der Waals surface area contributed by atoms with Gasteiger partial charge in [-0.3, -0.25) is 0 Å². The first-order valence-electron chi connectivity index (χ1n) is 4.68. The predicted octanol–water partition coefficient (Wildman–Crippen LogP) is 1.83. The molecule has 0 aliphatic carbocycles. The Kier molecular flexibility index (Phi) is 7.40. The monoisotopic (exact) mass is 188 g/mol. The maximum absolute atomic E-state index is 5.42. The van der Waals surface area contributed by atoms with E-state index in [0.29, 0.717) is 11.0 Å². The van der Waals surface area contributed by atoms with Crippen molar-refractivity contribution in [2.24, 2.45) is 5.73 Å². The second kappa shape index (κ2) is 7.50. The molecule has 0 saturated heterocycles. The number of hydrogen-bond donors (Lipinski definition) is 2. The van der Waals surface area contributed by atoms with E-state index in [1.165, 1.54) is 19.3 Å². The molecule has 0 aromatic carbocycles. The second-order valence-corrected chi connectivity index (χ2v) is 3.76. The molecule has 0 radical (unpaired) electrons. The van der Waals surface area contributed by atoms with Crippen molar-refractivity contribution in [2.45, 2.75) is 45.6 Å². The average Bonchev–Trinajstić information content (AvgIpc) is 1.97. The van der Waals surface area contributed by atoms with Crippen LogP contribution in [0.3, 0.4) is 0 Å². The SMILES string of the molecule is CCCCCNC(C)CC(N)=S. The molecule has 12 heavy (non-hydrogen) atoms. The highest BCUT2D eigenvalue weighted by Crippen LogP contribution is 1.94. The zero-order valence-corrected chi connectivity index (χ0v) is 8.91. The number of unbranched alkanes of at least 4 members (excludes halogenated alkanes) is 2.